The maximum Gasteiger partial charge on any atom is 0.262 e. The summed E-state index contributed by atoms with van der Waals surface area (Å²) in [6, 6.07) is 13.2. The van der Waals surface area contributed by atoms with Crippen molar-refractivity contribution in [1.82, 2.24) is 4.98 Å². The van der Waals surface area contributed by atoms with E-state index in [1.54, 1.807) is 37.3 Å². The number of hydrogen-bond donors (Lipinski definition) is 1. The third-order valence-electron chi connectivity index (χ3n) is 3.46. The van der Waals surface area contributed by atoms with Gasteiger partial charge in [-0.1, -0.05) is 12.1 Å². The lowest BCUT2D eigenvalue weighted by Crippen LogP contribution is -2.13. The topological polar surface area (TPSA) is 105 Å². The quantitative estimate of drug-likeness (QED) is 0.642. The Kier molecular flexibility index (Phi) is 5.06. The van der Waals surface area contributed by atoms with Crippen LogP contribution in [-0.4, -0.2) is 25.8 Å². The van der Waals surface area contributed by atoms with Crippen molar-refractivity contribution in [3.05, 3.63) is 42.5 Å². The minimum absolute atomic E-state index is 0.0501. The number of para-hydroxylation sites is 2. The Bertz CT molecular complexity index is 1090. The van der Waals surface area contributed by atoms with Gasteiger partial charge in [-0.25, -0.2) is 13.4 Å². The molecule has 0 bridgehead atoms. The molecule has 0 radical (unpaired) electrons. The molecule has 1 heterocycles. The first kappa shape index (κ1) is 18.1. The monoisotopic (exact) mass is 389 g/mol. The van der Waals surface area contributed by atoms with Crippen LogP contribution in [0.1, 0.15) is 6.92 Å². The van der Waals surface area contributed by atoms with Gasteiger partial charge >= 0.3 is 0 Å². The number of benzene rings is 2. The van der Waals surface area contributed by atoms with E-state index in [1.807, 2.05) is 0 Å². The number of fused-ring (bicyclic) bond motifs is 1. The van der Waals surface area contributed by atoms with Crippen molar-refractivity contribution >= 4 is 38.6 Å². The van der Waals surface area contributed by atoms with Crippen molar-refractivity contribution < 1.29 is 17.6 Å². The highest BCUT2D eigenvalue weighted by molar-refractivity contribution is 7.99. The van der Waals surface area contributed by atoms with Crippen LogP contribution in [0.2, 0.25) is 0 Å². The van der Waals surface area contributed by atoms with Crippen LogP contribution in [0.15, 0.2) is 57.0 Å². The van der Waals surface area contributed by atoms with Crippen LogP contribution in [0, 0.1) is 11.3 Å². The summed E-state index contributed by atoms with van der Waals surface area (Å²) in [6.45, 7) is 1.73. The minimum Gasteiger partial charge on any atom is -0.495 e. The van der Waals surface area contributed by atoms with Crippen LogP contribution in [0.4, 0.5) is 5.69 Å². The maximum absolute atomic E-state index is 12.7. The van der Waals surface area contributed by atoms with Crippen molar-refractivity contribution in [2.75, 3.05) is 11.8 Å². The smallest absolute Gasteiger partial charge is 0.262 e. The Labute approximate surface area is 155 Å². The summed E-state index contributed by atoms with van der Waals surface area (Å²) in [4.78, 5) is 4.29. The van der Waals surface area contributed by atoms with Crippen LogP contribution in [0.3, 0.4) is 0 Å². The second-order valence-electron chi connectivity index (χ2n) is 5.30. The van der Waals surface area contributed by atoms with Crippen LogP contribution in [0.25, 0.3) is 11.1 Å². The molecule has 134 valence electrons. The maximum atomic E-state index is 12.7. The van der Waals surface area contributed by atoms with E-state index in [9.17, 15) is 8.42 Å². The largest absolute Gasteiger partial charge is 0.495 e. The van der Waals surface area contributed by atoms with E-state index in [-0.39, 0.29) is 10.1 Å². The molecule has 2 aromatic carbocycles. The summed E-state index contributed by atoms with van der Waals surface area (Å²) in [5.41, 5.74) is 1.20. The van der Waals surface area contributed by atoms with Crippen molar-refractivity contribution in [2.24, 2.45) is 0 Å². The van der Waals surface area contributed by atoms with Crippen molar-refractivity contribution in [3.8, 4) is 11.8 Å². The number of nitrogens with one attached hydrogen (secondary N) is 1. The van der Waals surface area contributed by atoms with Gasteiger partial charge in [0.1, 0.15) is 11.3 Å². The molecule has 0 fully saturated rings. The summed E-state index contributed by atoms with van der Waals surface area (Å²) >= 11 is 1.17. The second-order valence-corrected chi connectivity index (χ2v) is 8.28. The number of anilines is 1. The van der Waals surface area contributed by atoms with Gasteiger partial charge in [0.2, 0.25) is 0 Å². The summed E-state index contributed by atoms with van der Waals surface area (Å²) < 4.78 is 38.5. The number of nitriles is 1. The summed E-state index contributed by atoms with van der Waals surface area (Å²) in [6.07, 6.45) is 0. The zero-order valence-electron chi connectivity index (χ0n) is 14.0. The molecule has 0 unspecified atom stereocenters. The van der Waals surface area contributed by atoms with Gasteiger partial charge < -0.3 is 9.15 Å². The zero-order chi connectivity index (χ0) is 18.7. The first-order valence-electron chi connectivity index (χ1n) is 7.55. The molecule has 0 aliphatic heterocycles. The minimum atomic E-state index is -3.83. The van der Waals surface area contributed by atoms with Gasteiger partial charge in [-0.15, -0.1) is 0 Å². The molecule has 0 aliphatic rings. The van der Waals surface area contributed by atoms with Gasteiger partial charge in [0.15, 0.2) is 5.58 Å². The number of rotatable bonds is 6. The molecule has 3 rings (SSSR count). The van der Waals surface area contributed by atoms with Gasteiger partial charge in [-0.05, 0) is 49.0 Å². The van der Waals surface area contributed by atoms with Crippen LogP contribution >= 0.6 is 11.8 Å². The standard InChI is InChI=1S/C17H15N3O4S2/c1-11(10-18)25-17-19-14-9-12(7-8-16(14)24-17)26(21,22)20-13-5-3-4-6-15(13)23-2/h3-9,11,20H,1-2H3/t11-/m1/s1. The van der Waals surface area contributed by atoms with Gasteiger partial charge in [0.05, 0.1) is 29.0 Å². The fraction of sp³-hybridized carbons (Fsp3) is 0.176. The average molecular weight is 389 g/mol. The molecule has 0 amide bonds. The number of oxazole rings is 1. The molecule has 1 aromatic heterocycles. The highest BCUT2D eigenvalue weighted by atomic mass is 32.2. The van der Waals surface area contributed by atoms with E-state index < -0.39 is 10.0 Å². The molecular formula is C17H15N3O4S2. The summed E-state index contributed by atoms with van der Waals surface area (Å²) in [5.74, 6) is 0.419. The molecule has 1 atom stereocenters. The molecule has 3 aromatic rings. The number of methoxy groups -OCH3 is 1. The molecule has 7 nitrogen and oxygen atoms in total. The molecule has 0 aliphatic carbocycles. The number of sulfonamides is 1. The Morgan fingerprint density at radius 2 is 2.08 bits per heavy atom. The first-order valence-corrected chi connectivity index (χ1v) is 9.92. The number of thioether (sulfide) groups is 1. The molecule has 1 N–H and O–H groups in total. The van der Waals surface area contributed by atoms with E-state index in [2.05, 4.69) is 15.8 Å². The predicted octanol–water partition coefficient (Wildman–Crippen LogP) is 3.64. The number of nitrogens with zero attached hydrogens (tertiary/aromatic N) is 2. The van der Waals surface area contributed by atoms with Crippen LogP contribution in [0.5, 0.6) is 5.75 Å². The van der Waals surface area contributed by atoms with E-state index >= 15 is 0 Å². The molecule has 9 heteroatoms. The van der Waals surface area contributed by atoms with Gasteiger partial charge in [-0.3, -0.25) is 4.72 Å². The second kappa shape index (κ2) is 7.27. The summed E-state index contributed by atoms with van der Waals surface area (Å²) in [7, 11) is -2.36. The normalized spacial score (nSPS) is 12.5. The highest BCUT2D eigenvalue weighted by Crippen LogP contribution is 2.30. The molecular weight excluding hydrogens is 374 g/mol. The fourth-order valence-electron chi connectivity index (χ4n) is 2.21. The van der Waals surface area contributed by atoms with Crippen LogP contribution in [-0.2, 0) is 10.0 Å². The molecule has 0 saturated carbocycles. The predicted molar refractivity (Wildman–Crippen MR) is 98.7 cm³/mol. The van der Waals surface area contributed by atoms with E-state index in [1.165, 1.54) is 31.0 Å². The van der Waals surface area contributed by atoms with E-state index in [0.717, 1.165) is 0 Å². The molecule has 26 heavy (non-hydrogen) atoms. The SMILES string of the molecule is COc1ccccc1NS(=O)(=O)c1ccc2oc(S[C@H](C)C#N)nc2c1. The lowest BCUT2D eigenvalue weighted by Gasteiger charge is -2.11. The number of aromatic nitrogens is 1. The first-order chi connectivity index (χ1) is 12.4. The van der Waals surface area contributed by atoms with Crippen molar-refractivity contribution in [3.63, 3.8) is 0 Å². The van der Waals surface area contributed by atoms with Crippen molar-refractivity contribution in [2.45, 2.75) is 22.3 Å². The molecule has 0 spiro atoms. The summed E-state index contributed by atoms with van der Waals surface area (Å²) in [5, 5.41) is 8.87. The lowest BCUT2D eigenvalue weighted by atomic mass is 10.3. The zero-order valence-corrected chi connectivity index (χ0v) is 15.6. The third-order valence-corrected chi connectivity index (χ3v) is 5.66. The van der Waals surface area contributed by atoms with E-state index in [4.69, 9.17) is 14.4 Å². The fourth-order valence-corrected chi connectivity index (χ4v) is 3.95. The molecule has 0 saturated heterocycles. The van der Waals surface area contributed by atoms with Gasteiger partial charge in [-0.2, -0.15) is 5.26 Å². The average Bonchev–Trinajstić information content (AvgIpc) is 3.03. The Hall–Kier alpha value is -2.70. The lowest BCUT2D eigenvalue weighted by molar-refractivity contribution is 0.417. The van der Waals surface area contributed by atoms with Crippen LogP contribution < -0.4 is 9.46 Å². The van der Waals surface area contributed by atoms with Gasteiger partial charge in [0, 0.05) is 0 Å². The Balaban J connectivity index is 1.92. The van der Waals surface area contributed by atoms with Gasteiger partial charge in [0.25, 0.3) is 15.2 Å². The number of ether oxygens (including phenoxy) is 1. The Morgan fingerprint density at radius 1 is 1.31 bits per heavy atom. The highest BCUT2D eigenvalue weighted by Gasteiger charge is 2.19. The number of hydrogen-bond acceptors (Lipinski definition) is 7. The third kappa shape index (κ3) is 3.76. The Morgan fingerprint density at radius 3 is 2.81 bits per heavy atom. The van der Waals surface area contributed by atoms with Crippen molar-refractivity contribution in [1.29, 1.82) is 5.26 Å². The van der Waals surface area contributed by atoms with E-state index in [0.29, 0.717) is 27.8 Å².